The Hall–Kier alpha value is -1.72. The molecule has 15 heavy (non-hydrogen) atoms. The molecule has 78 valence electrons. The van der Waals surface area contributed by atoms with Crippen LogP contribution in [0.25, 0.3) is 10.4 Å². The van der Waals surface area contributed by atoms with Crippen LogP contribution >= 0.6 is 0 Å². The van der Waals surface area contributed by atoms with E-state index in [9.17, 15) is 4.79 Å². The van der Waals surface area contributed by atoms with E-state index in [1.807, 2.05) is 6.08 Å². The van der Waals surface area contributed by atoms with Gasteiger partial charge in [0, 0.05) is 11.3 Å². The summed E-state index contributed by atoms with van der Waals surface area (Å²) in [5.41, 5.74) is 9.08. The Morgan fingerprint density at radius 3 is 3.13 bits per heavy atom. The van der Waals surface area contributed by atoms with E-state index in [4.69, 9.17) is 12.0 Å². The van der Waals surface area contributed by atoms with Gasteiger partial charge in [-0.15, -0.1) is 6.42 Å². The molecule has 4 nitrogen and oxygen atoms in total. The van der Waals surface area contributed by atoms with Gasteiger partial charge in [0.1, 0.15) is 0 Å². The number of ketones is 1. The van der Waals surface area contributed by atoms with Gasteiger partial charge in [-0.1, -0.05) is 17.1 Å². The van der Waals surface area contributed by atoms with Gasteiger partial charge in [0.2, 0.25) is 0 Å². The second-order valence-electron chi connectivity index (χ2n) is 3.47. The monoisotopic (exact) mass is 203 g/mol. The maximum atomic E-state index is 11.4. The van der Waals surface area contributed by atoms with Crippen molar-refractivity contribution in [2.75, 3.05) is 0 Å². The van der Waals surface area contributed by atoms with Crippen molar-refractivity contribution < 1.29 is 4.79 Å². The fraction of sp³-hybridized carbons (Fsp3) is 0.545. The minimum atomic E-state index is -0.439. The van der Waals surface area contributed by atoms with Crippen LogP contribution in [0.1, 0.15) is 32.1 Å². The molecule has 0 saturated carbocycles. The Balaban J connectivity index is 2.49. The van der Waals surface area contributed by atoms with Gasteiger partial charge in [-0.25, -0.2) is 0 Å². The zero-order valence-electron chi connectivity index (χ0n) is 8.52. The first kappa shape index (κ1) is 11.4. The SMILES string of the molecule is C#CC(CCC1=CCCCC1=O)N=[N+]=[N-]. The molecule has 0 aliphatic heterocycles. The van der Waals surface area contributed by atoms with Crippen molar-refractivity contribution >= 4 is 5.78 Å². The highest BCUT2D eigenvalue weighted by molar-refractivity contribution is 5.95. The molecule has 0 bridgehead atoms. The number of hydrogen-bond acceptors (Lipinski definition) is 2. The van der Waals surface area contributed by atoms with Crippen molar-refractivity contribution in [3.63, 3.8) is 0 Å². The molecule has 0 amide bonds. The first-order chi connectivity index (χ1) is 7.27. The first-order valence-electron chi connectivity index (χ1n) is 5.00. The van der Waals surface area contributed by atoms with Crippen LogP contribution in [0.5, 0.6) is 0 Å². The molecule has 1 aliphatic carbocycles. The van der Waals surface area contributed by atoms with Crippen molar-refractivity contribution in [3.8, 4) is 12.3 Å². The fourth-order valence-corrected chi connectivity index (χ4v) is 1.58. The van der Waals surface area contributed by atoms with Gasteiger partial charge in [0.15, 0.2) is 5.78 Å². The van der Waals surface area contributed by atoms with E-state index in [0.717, 1.165) is 18.4 Å². The molecule has 0 spiro atoms. The standard InChI is InChI=1S/C11H13N3O/c1-2-10(13-14-12)8-7-9-5-3-4-6-11(9)15/h1,5,10H,3-4,6-8H2. The fourth-order valence-electron chi connectivity index (χ4n) is 1.58. The average molecular weight is 203 g/mol. The molecule has 4 heteroatoms. The van der Waals surface area contributed by atoms with E-state index in [1.165, 1.54) is 0 Å². The lowest BCUT2D eigenvalue weighted by Crippen LogP contribution is -2.09. The summed E-state index contributed by atoms with van der Waals surface area (Å²) in [6, 6.07) is -0.439. The van der Waals surface area contributed by atoms with Crippen molar-refractivity contribution in [2.24, 2.45) is 5.11 Å². The summed E-state index contributed by atoms with van der Waals surface area (Å²) in [5.74, 6) is 2.60. The molecule has 0 aromatic carbocycles. The molecule has 1 atom stereocenters. The molecule has 1 aliphatic rings. The minimum Gasteiger partial charge on any atom is -0.295 e. The summed E-state index contributed by atoms with van der Waals surface area (Å²) in [7, 11) is 0. The number of hydrogen-bond donors (Lipinski definition) is 0. The third kappa shape index (κ3) is 3.49. The smallest absolute Gasteiger partial charge is 0.158 e. The Kier molecular flexibility index (Phi) is 4.46. The molecule has 0 N–H and O–H groups in total. The highest BCUT2D eigenvalue weighted by Gasteiger charge is 2.14. The van der Waals surface area contributed by atoms with Gasteiger partial charge >= 0.3 is 0 Å². The molecular weight excluding hydrogens is 190 g/mol. The Morgan fingerprint density at radius 1 is 1.73 bits per heavy atom. The number of allylic oxidation sites excluding steroid dienone is 2. The van der Waals surface area contributed by atoms with Crippen LogP contribution in [0.2, 0.25) is 0 Å². The predicted molar refractivity (Wildman–Crippen MR) is 57.9 cm³/mol. The Morgan fingerprint density at radius 2 is 2.53 bits per heavy atom. The lowest BCUT2D eigenvalue weighted by Gasteiger charge is -2.11. The van der Waals surface area contributed by atoms with Crippen LogP contribution in [0, 0.1) is 12.3 Å². The van der Waals surface area contributed by atoms with Crippen LogP contribution < -0.4 is 0 Å². The van der Waals surface area contributed by atoms with Crippen LogP contribution in [-0.4, -0.2) is 11.8 Å². The van der Waals surface area contributed by atoms with E-state index in [0.29, 0.717) is 19.3 Å². The number of carbonyl (C=O) groups excluding carboxylic acids is 1. The number of rotatable bonds is 4. The van der Waals surface area contributed by atoms with Crippen LogP contribution in [0.3, 0.4) is 0 Å². The van der Waals surface area contributed by atoms with Gasteiger partial charge in [0.05, 0.1) is 6.04 Å². The summed E-state index contributed by atoms with van der Waals surface area (Å²) >= 11 is 0. The molecule has 0 radical (unpaired) electrons. The summed E-state index contributed by atoms with van der Waals surface area (Å²) in [6.07, 6.45) is 10.9. The molecule has 1 unspecified atom stereocenters. The van der Waals surface area contributed by atoms with Gasteiger partial charge in [0.25, 0.3) is 0 Å². The van der Waals surface area contributed by atoms with E-state index >= 15 is 0 Å². The van der Waals surface area contributed by atoms with Gasteiger partial charge in [-0.2, -0.15) is 0 Å². The predicted octanol–water partition coefficient (Wildman–Crippen LogP) is 2.76. The second-order valence-corrected chi connectivity index (χ2v) is 3.47. The zero-order chi connectivity index (χ0) is 11.1. The van der Waals surface area contributed by atoms with Crippen molar-refractivity contribution in [1.82, 2.24) is 0 Å². The van der Waals surface area contributed by atoms with Gasteiger partial charge in [-0.05, 0) is 36.8 Å². The van der Waals surface area contributed by atoms with E-state index in [1.54, 1.807) is 0 Å². The third-order valence-corrected chi connectivity index (χ3v) is 2.43. The molecule has 0 aromatic heterocycles. The van der Waals surface area contributed by atoms with Crippen molar-refractivity contribution in [1.29, 1.82) is 0 Å². The van der Waals surface area contributed by atoms with Crippen molar-refractivity contribution in [2.45, 2.75) is 38.1 Å². The number of Topliss-reactive ketones (excluding diaryl/α,β-unsaturated/α-hetero) is 1. The van der Waals surface area contributed by atoms with Crippen molar-refractivity contribution in [3.05, 3.63) is 22.1 Å². The molecule has 0 aromatic rings. The van der Waals surface area contributed by atoms with Gasteiger partial charge < -0.3 is 0 Å². The zero-order valence-corrected chi connectivity index (χ0v) is 8.52. The summed E-state index contributed by atoms with van der Waals surface area (Å²) in [6.45, 7) is 0. The Bertz CT molecular complexity index is 359. The maximum absolute atomic E-state index is 11.4. The molecular formula is C11H13N3O. The quantitative estimate of drug-likeness (QED) is 0.300. The topological polar surface area (TPSA) is 65.8 Å². The lowest BCUT2D eigenvalue weighted by atomic mass is 9.93. The van der Waals surface area contributed by atoms with Crippen LogP contribution in [0.15, 0.2) is 16.8 Å². The number of terminal acetylenes is 1. The molecule has 0 heterocycles. The van der Waals surface area contributed by atoms with Gasteiger partial charge in [-0.3, -0.25) is 4.79 Å². The number of carbonyl (C=O) groups is 1. The largest absolute Gasteiger partial charge is 0.295 e. The highest BCUT2D eigenvalue weighted by Crippen LogP contribution is 2.19. The maximum Gasteiger partial charge on any atom is 0.158 e. The minimum absolute atomic E-state index is 0.206. The summed E-state index contributed by atoms with van der Waals surface area (Å²) < 4.78 is 0. The summed E-state index contributed by atoms with van der Waals surface area (Å²) in [4.78, 5) is 14.1. The lowest BCUT2D eigenvalue weighted by molar-refractivity contribution is -0.116. The van der Waals surface area contributed by atoms with E-state index in [-0.39, 0.29) is 5.78 Å². The summed E-state index contributed by atoms with van der Waals surface area (Å²) in [5, 5.41) is 3.46. The normalized spacial score (nSPS) is 17.3. The van der Waals surface area contributed by atoms with E-state index < -0.39 is 6.04 Å². The van der Waals surface area contributed by atoms with E-state index in [2.05, 4.69) is 15.9 Å². The molecule has 0 saturated heterocycles. The number of nitrogens with zero attached hydrogens (tertiary/aromatic N) is 3. The van der Waals surface area contributed by atoms with Crippen LogP contribution in [0.4, 0.5) is 0 Å². The Labute approximate surface area is 89.0 Å². The highest BCUT2D eigenvalue weighted by atomic mass is 16.1. The first-order valence-corrected chi connectivity index (χ1v) is 5.00. The average Bonchev–Trinajstić information content (AvgIpc) is 2.26. The molecule has 1 rings (SSSR count). The van der Waals surface area contributed by atoms with Crippen LogP contribution in [-0.2, 0) is 4.79 Å². The number of azide groups is 1. The molecule has 0 fully saturated rings. The second kappa shape index (κ2) is 5.90. The third-order valence-electron chi connectivity index (χ3n) is 2.43.